The number of hydrogen-bond donors (Lipinski definition) is 4. The zero-order chi connectivity index (χ0) is 32.9. The van der Waals surface area contributed by atoms with Crippen LogP contribution in [0.2, 0.25) is 0 Å². The monoisotopic (exact) mass is 623 g/mol. The van der Waals surface area contributed by atoms with E-state index in [9.17, 15) is 19.2 Å². The molecular formula is C36H37N3O7. The van der Waals surface area contributed by atoms with Gasteiger partial charge < -0.3 is 30.5 Å². The van der Waals surface area contributed by atoms with Crippen molar-refractivity contribution < 1.29 is 33.8 Å². The lowest BCUT2D eigenvalue weighted by Gasteiger charge is -2.14. The summed E-state index contributed by atoms with van der Waals surface area (Å²) in [5.74, 6) is -1.50. The fourth-order valence-corrected chi connectivity index (χ4v) is 4.75. The molecule has 3 amide bonds. The maximum Gasteiger partial charge on any atom is 0.341 e. The van der Waals surface area contributed by atoms with Crippen LogP contribution in [-0.2, 0) is 38.4 Å². The number of carboxylic acids is 1. The molecule has 10 nitrogen and oxygen atoms in total. The van der Waals surface area contributed by atoms with E-state index in [1.165, 1.54) is 0 Å². The van der Waals surface area contributed by atoms with Crippen LogP contribution in [0.15, 0.2) is 91.0 Å². The molecule has 4 aromatic carbocycles. The Balaban J connectivity index is 1.30. The molecule has 4 N–H and O–H groups in total. The van der Waals surface area contributed by atoms with E-state index in [0.717, 1.165) is 27.9 Å². The van der Waals surface area contributed by atoms with Gasteiger partial charge in [-0.15, -0.1) is 0 Å². The lowest BCUT2D eigenvalue weighted by Crippen LogP contribution is -2.20. The van der Waals surface area contributed by atoms with E-state index in [4.69, 9.17) is 14.6 Å². The summed E-state index contributed by atoms with van der Waals surface area (Å²) in [6.45, 7) is 3.56. The maximum atomic E-state index is 12.9. The number of carbonyl (C=O) groups is 4. The van der Waals surface area contributed by atoms with E-state index in [0.29, 0.717) is 29.1 Å². The summed E-state index contributed by atoms with van der Waals surface area (Å²) in [6.07, 6.45) is 0.964. The van der Waals surface area contributed by atoms with Gasteiger partial charge in [0.05, 0.1) is 13.0 Å². The second-order valence-corrected chi connectivity index (χ2v) is 10.7. The lowest BCUT2D eigenvalue weighted by atomic mass is 10.1. The van der Waals surface area contributed by atoms with Crippen molar-refractivity contribution in [1.29, 1.82) is 0 Å². The minimum atomic E-state index is -1.13. The van der Waals surface area contributed by atoms with Crippen LogP contribution in [-0.4, -0.2) is 42.2 Å². The summed E-state index contributed by atoms with van der Waals surface area (Å²) in [6, 6.07) is 26.9. The Hall–Kier alpha value is -5.64. The molecule has 238 valence electrons. The highest BCUT2D eigenvalue weighted by Gasteiger charge is 2.13. The average molecular weight is 624 g/mol. The quantitative estimate of drug-likeness (QED) is 0.121. The van der Waals surface area contributed by atoms with E-state index < -0.39 is 18.5 Å². The van der Waals surface area contributed by atoms with Gasteiger partial charge in [0.15, 0.2) is 6.61 Å². The van der Waals surface area contributed by atoms with Crippen molar-refractivity contribution in [3.8, 4) is 5.75 Å². The van der Waals surface area contributed by atoms with Gasteiger partial charge in [-0.2, -0.15) is 0 Å². The summed E-state index contributed by atoms with van der Waals surface area (Å²) in [5.41, 5.74) is 6.09. The first-order valence-electron chi connectivity index (χ1n) is 14.9. The van der Waals surface area contributed by atoms with Gasteiger partial charge in [0, 0.05) is 29.9 Å². The molecule has 0 fully saturated rings. The number of para-hydroxylation sites is 1. The van der Waals surface area contributed by atoms with Crippen LogP contribution in [0, 0.1) is 13.8 Å². The van der Waals surface area contributed by atoms with E-state index in [2.05, 4.69) is 16.0 Å². The summed E-state index contributed by atoms with van der Waals surface area (Å²) in [4.78, 5) is 48.8. The van der Waals surface area contributed by atoms with Gasteiger partial charge >= 0.3 is 18.0 Å². The predicted octanol–water partition coefficient (Wildman–Crippen LogP) is 6.31. The number of anilines is 3. The topological polar surface area (TPSA) is 143 Å². The Kier molecular flexibility index (Phi) is 11.9. The van der Waals surface area contributed by atoms with Gasteiger partial charge in [-0.25, -0.2) is 9.59 Å². The SMILES string of the molecule is Cc1cccc(C)c1NC(=O)Nc1ccc(CC(=O)Nc2ccc(OCC(=O)O)c(CCC(=O)OCCc3ccccc3)c2)cc1. The number of nitrogens with one attached hydrogen (secondary N) is 3. The van der Waals surface area contributed by atoms with Crippen molar-refractivity contribution >= 4 is 40.9 Å². The van der Waals surface area contributed by atoms with Crippen LogP contribution < -0.4 is 20.7 Å². The normalized spacial score (nSPS) is 10.5. The molecule has 0 aliphatic carbocycles. The molecule has 0 saturated heterocycles. The van der Waals surface area contributed by atoms with Gasteiger partial charge in [-0.3, -0.25) is 9.59 Å². The van der Waals surface area contributed by atoms with Gasteiger partial charge in [0.2, 0.25) is 5.91 Å². The van der Waals surface area contributed by atoms with E-state index in [1.807, 2.05) is 62.4 Å². The Morgan fingerprint density at radius 1 is 0.717 bits per heavy atom. The van der Waals surface area contributed by atoms with Gasteiger partial charge in [0.25, 0.3) is 0 Å². The molecule has 0 saturated carbocycles. The Labute approximate surface area is 267 Å². The van der Waals surface area contributed by atoms with E-state index in [1.54, 1.807) is 42.5 Å². The number of urea groups is 1. The standard InChI is InChI=1S/C36H37N3O7/c1-24-7-6-8-25(2)35(24)39-36(44)38-29-14-11-27(12-15-29)21-32(40)37-30-16-17-31(46-23-33(41)42)28(22-30)13-18-34(43)45-20-19-26-9-4-3-5-10-26/h3-12,14-17,22H,13,18-21,23H2,1-2H3,(H,37,40)(H,41,42)(H2,38,39,44). The number of esters is 1. The number of ether oxygens (including phenoxy) is 2. The van der Waals surface area contributed by atoms with Crippen molar-refractivity contribution in [2.24, 2.45) is 0 Å². The summed E-state index contributed by atoms with van der Waals surface area (Å²) >= 11 is 0. The second-order valence-electron chi connectivity index (χ2n) is 10.7. The molecule has 0 heterocycles. The molecule has 4 aromatic rings. The number of aliphatic carboxylic acids is 1. The highest BCUT2D eigenvalue weighted by Crippen LogP contribution is 2.25. The first kappa shape index (κ1) is 33.3. The third kappa shape index (κ3) is 10.5. The van der Waals surface area contributed by atoms with E-state index in [-0.39, 0.29) is 37.8 Å². The molecule has 0 atom stereocenters. The summed E-state index contributed by atoms with van der Waals surface area (Å²) in [7, 11) is 0. The maximum absolute atomic E-state index is 12.9. The minimum Gasteiger partial charge on any atom is -0.482 e. The fraction of sp³-hybridized carbons (Fsp3) is 0.222. The van der Waals surface area contributed by atoms with Crippen LogP contribution in [0.4, 0.5) is 21.9 Å². The van der Waals surface area contributed by atoms with Crippen molar-refractivity contribution in [3.63, 3.8) is 0 Å². The number of aryl methyl sites for hydroxylation is 3. The Morgan fingerprint density at radius 3 is 2.11 bits per heavy atom. The Bertz CT molecular complexity index is 1650. The lowest BCUT2D eigenvalue weighted by molar-refractivity contribution is -0.143. The molecule has 46 heavy (non-hydrogen) atoms. The molecule has 4 rings (SSSR count). The van der Waals surface area contributed by atoms with Crippen LogP contribution in [0.25, 0.3) is 0 Å². The largest absolute Gasteiger partial charge is 0.482 e. The van der Waals surface area contributed by atoms with Crippen LogP contribution in [0.5, 0.6) is 5.75 Å². The third-order valence-corrected chi connectivity index (χ3v) is 7.09. The number of rotatable bonds is 14. The molecule has 0 aliphatic rings. The van der Waals surface area contributed by atoms with Crippen molar-refractivity contribution in [1.82, 2.24) is 0 Å². The zero-order valence-corrected chi connectivity index (χ0v) is 25.8. The number of carboxylic acid groups (broad SMARTS) is 1. The van der Waals surface area contributed by atoms with Crippen LogP contribution >= 0.6 is 0 Å². The number of hydrogen-bond acceptors (Lipinski definition) is 6. The fourth-order valence-electron chi connectivity index (χ4n) is 4.75. The third-order valence-electron chi connectivity index (χ3n) is 7.09. The first-order valence-corrected chi connectivity index (χ1v) is 14.9. The van der Waals surface area contributed by atoms with E-state index >= 15 is 0 Å². The van der Waals surface area contributed by atoms with Gasteiger partial charge in [0.1, 0.15) is 5.75 Å². The number of amides is 3. The Morgan fingerprint density at radius 2 is 1.41 bits per heavy atom. The smallest absolute Gasteiger partial charge is 0.341 e. The highest BCUT2D eigenvalue weighted by atomic mass is 16.5. The molecule has 0 aliphatic heterocycles. The molecule has 10 heteroatoms. The average Bonchev–Trinajstić information content (AvgIpc) is 3.03. The summed E-state index contributed by atoms with van der Waals surface area (Å²) < 4.78 is 10.8. The molecule has 0 radical (unpaired) electrons. The molecule has 0 bridgehead atoms. The number of carbonyl (C=O) groups excluding carboxylic acids is 3. The minimum absolute atomic E-state index is 0.0542. The van der Waals surface area contributed by atoms with Gasteiger partial charge in [-0.05, 0) is 78.4 Å². The van der Waals surface area contributed by atoms with Crippen LogP contribution in [0.1, 0.15) is 34.2 Å². The number of benzene rings is 4. The zero-order valence-electron chi connectivity index (χ0n) is 25.8. The first-order chi connectivity index (χ1) is 22.2. The molecular weight excluding hydrogens is 586 g/mol. The second kappa shape index (κ2) is 16.4. The molecule has 0 unspecified atom stereocenters. The predicted molar refractivity (Wildman–Crippen MR) is 176 cm³/mol. The molecule has 0 spiro atoms. The van der Waals surface area contributed by atoms with Crippen molar-refractivity contribution in [2.45, 2.75) is 39.5 Å². The van der Waals surface area contributed by atoms with Crippen molar-refractivity contribution in [3.05, 3.63) is 119 Å². The highest BCUT2D eigenvalue weighted by molar-refractivity contribution is 6.00. The van der Waals surface area contributed by atoms with Crippen LogP contribution in [0.3, 0.4) is 0 Å². The molecule has 0 aromatic heterocycles. The van der Waals surface area contributed by atoms with Crippen molar-refractivity contribution in [2.75, 3.05) is 29.2 Å². The van der Waals surface area contributed by atoms with Gasteiger partial charge in [-0.1, -0.05) is 60.7 Å². The summed E-state index contributed by atoms with van der Waals surface area (Å²) in [5, 5.41) is 17.6.